The van der Waals surface area contributed by atoms with Gasteiger partial charge in [0, 0.05) is 30.0 Å². The fourth-order valence-corrected chi connectivity index (χ4v) is 2.78. The van der Waals surface area contributed by atoms with Crippen LogP contribution in [0.5, 0.6) is 0 Å². The van der Waals surface area contributed by atoms with Crippen LogP contribution in [0.1, 0.15) is 26.5 Å². The number of fused-ring (bicyclic) bond motifs is 1. The van der Waals surface area contributed by atoms with E-state index in [1.165, 1.54) is 10.8 Å². The molecule has 26 heavy (non-hydrogen) atoms. The molecule has 0 saturated carbocycles. The van der Waals surface area contributed by atoms with Gasteiger partial charge < -0.3 is 10.2 Å². The van der Waals surface area contributed by atoms with Crippen LogP contribution < -0.4 is 10.2 Å². The number of halogens is 3. The SMILES string of the molecule is CCN(c1ccc(Nc2cc(C(F)(F)F)nc3ncnn23)cc1)C(C)C. The summed E-state index contributed by atoms with van der Waals surface area (Å²) in [6, 6.07) is 8.76. The van der Waals surface area contributed by atoms with Crippen LogP contribution in [0.15, 0.2) is 36.7 Å². The van der Waals surface area contributed by atoms with Gasteiger partial charge in [-0.05, 0) is 45.0 Å². The van der Waals surface area contributed by atoms with Gasteiger partial charge in [0.15, 0.2) is 5.69 Å². The molecule has 0 atom stereocenters. The van der Waals surface area contributed by atoms with Gasteiger partial charge in [0.05, 0.1) is 0 Å². The molecule has 2 aromatic heterocycles. The molecular formula is C17H19F3N6. The Labute approximate surface area is 148 Å². The molecular weight excluding hydrogens is 345 g/mol. The Balaban J connectivity index is 1.92. The van der Waals surface area contributed by atoms with E-state index in [1.54, 1.807) is 0 Å². The minimum absolute atomic E-state index is 0.115. The molecule has 0 fully saturated rings. The molecule has 0 aliphatic carbocycles. The Bertz CT molecular complexity index is 886. The van der Waals surface area contributed by atoms with E-state index in [4.69, 9.17) is 0 Å². The highest BCUT2D eigenvalue weighted by Crippen LogP contribution is 2.30. The number of benzene rings is 1. The number of rotatable bonds is 5. The Morgan fingerprint density at radius 1 is 1.19 bits per heavy atom. The Hall–Kier alpha value is -2.84. The lowest BCUT2D eigenvalue weighted by molar-refractivity contribution is -0.141. The van der Waals surface area contributed by atoms with Crippen molar-refractivity contribution in [3.63, 3.8) is 0 Å². The van der Waals surface area contributed by atoms with Crippen LogP contribution in [-0.2, 0) is 6.18 Å². The van der Waals surface area contributed by atoms with Crippen molar-refractivity contribution < 1.29 is 13.2 Å². The Kier molecular flexibility index (Phi) is 4.71. The maximum atomic E-state index is 13.0. The van der Waals surface area contributed by atoms with E-state index in [0.717, 1.165) is 18.3 Å². The number of aromatic nitrogens is 4. The summed E-state index contributed by atoms with van der Waals surface area (Å²) in [5, 5.41) is 6.89. The van der Waals surface area contributed by atoms with Gasteiger partial charge in [-0.3, -0.25) is 0 Å². The van der Waals surface area contributed by atoms with Gasteiger partial charge in [0.25, 0.3) is 5.78 Å². The maximum absolute atomic E-state index is 13.0. The fraction of sp³-hybridized carbons (Fsp3) is 0.353. The first-order chi connectivity index (χ1) is 12.3. The van der Waals surface area contributed by atoms with Crippen molar-refractivity contribution in [2.75, 3.05) is 16.8 Å². The predicted octanol–water partition coefficient (Wildman–Crippen LogP) is 4.12. The highest BCUT2D eigenvalue weighted by Gasteiger charge is 2.34. The highest BCUT2D eigenvalue weighted by molar-refractivity contribution is 5.62. The Morgan fingerprint density at radius 3 is 2.46 bits per heavy atom. The summed E-state index contributed by atoms with van der Waals surface area (Å²) in [5.41, 5.74) is 0.670. The van der Waals surface area contributed by atoms with E-state index >= 15 is 0 Å². The fourth-order valence-electron chi connectivity index (χ4n) is 2.78. The number of nitrogens with one attached hydrogen (secondary N) is 1. The summed E-state index contributed by atoms with van der Waals surface area (Å²) in [5.74, 6) is 0.0275. The van der Waals surface area contributed by atoms with Crippen LogP contribution in [0, 0.1) is 0 Å². The van der Waals surface area contributed by atoms with Gasteiger partial charge in [0.2, 0.25) is 0 Å². The zero-order chi connectivity index (χ0) is 18.9. The minimum Gasteiger partial charge on any atom is -0.369 e. The number of anilines is 3. The van der Waals surface area contributed by atoms with Crippen molar-refractivity contribution in [2.24, 2.45) is 0 Å². The summed E-state index contributed by atoms with van der Waals surface area (Å²) in [4.78, 5) is 9.47. The van der Waals surface area contributed by atoms with Crippen molar-refractivity contribution >= 4 is 23.0 Å². The van der Waals surface area contributed by atoms with Gasteiger partial charge in [-0.2, -0.15) is 27.8 Å². The molecule has 1 N–H and O–H groups in total. The molecule has 1 aromatic carbocycles. The third kappa shape index (κ3) is 3.56. The molecule has 2 heterocycles. The maximum Gasteiger partial charge on any atom is 0.433 e. The molecule has 0 spiro atoms. The van der Waals surface area contributed by atoms with E-state index < -0.39 is 11.9 Å². The molecule has 0 bridgehead atoms. The molecule has 138 valence electrons. The molecule has 0 aliphatic heterocycles. The molecule has 9 heteroatoms. The van der Waals surface area contributed by atoms with Gasteiger partial charge >= 0.3 is 6.18 Å². The standard InChI is InChI=1S/C17H19F3N6/c1-4-25(11(2)3)13-7-5-12(6-8-13)23-15-9-14(17(18,19)20)24-16-21-10-22-26(15)16/h5-11,23H,4H2,1-3H3. The average Bonchev–Trinajstić information content (AvgIpc) is 3.05. The van der Waals surface area contributed by atoms with Crippen LogP contribution in [0.25, 0.3) is 5.78 Å². The van der Waals surface area contributed by atoms with Gasteiger partial charge in [-0.15, -0.1) is 0 Å². The van der Waals surface area contributed by atoms with Gasteiger partial charge in [0.1, 0.15) is 12.1 Å². The molecule has 0 saturated heterocycles. The van der Waals surface area contributed by atoms with Crippen molar-refractivity contribution in [3.05, 3.63) is 42.4 Å². The molecule has 3 rings (SSSR count). The first-order valence-corrected chi connectivity index (χ1v) is 8.21. The lowest BCUT2D eigenvalue weighted by Crippen LogP contribution is -2.30. The first-order valence-electron chi connectivity index (χ1n) is 8.21. The molecule has 0 radical (unpaired) electrons. The topological polar surface area (TPSA) is 58.3 Å². The smallest absolute Gasteiger partial charge is 0.369 e. The number of alkyl halides is 3. The van der Waals surface area contributed by atoms with Crippen molar-refractivity contribution in [1.82, 2.24) is 19.6 Å². The summed E-state index contributed by atoms with van der Waals surface area (Å²) >= 11 is 0. The number of hydrogen-bond donors (Lipinski definition) is 1. The van der Waals surface area contributed by atoms with E-state index in [0.29, 0.717) is 11.7 Å². The van der Waals surface area contributed by atoms with Crippen LogP contribution in [0.2, 0.25) is 0 Å². The zero-order valence-electron chi connectivity index (χ0n) is 14.6. The quantitative estimate of drug-likeness (QED) is 0.738. The zero-order valence-corrected chi connectivity index (χ0v) is 14.6. The molecule has 0 unspecified atom stereocenters. The van der Waals surface area contributed by atoms with Crippen LogP contribution in [0.4, 0.5) is 30.4 Å². The van der Waals surface area contributed by atoms with E-state index in [9.17, 15) is 13.2 Å². The Morgan fingerprint density at radius 2 is 1.88 bits per heavy atom. The summed E-state index contributed by atoms with van der Waals surface area (Å²) in [7, 11) is 0. The lowest BCUT2D eigenvalue weighted by Gasteiger charge is -2.27. The predicted molar refractivity (Wildman–Crippen MR) is 93.7 cm³/mol. The van der Waals surface area contributed by atoms with Gasteiger partial charge in [-0.25, -0.2) is 4.98 Å². The second-order valence-corrected chi connectivity index (χ2v) is 6.05. The second kappa shape index (κ2) is 6.81. The van der Waals surface area contributed by atoms with E-state index in [1.807, 2.05) is 24.3 Å². The molecule has 0 amide bonds. The van der Waals surface area contributed by atoms with E-state index in [2.05, 4.69) is 46.1 Å². The van der Waals surface area contributed by atoms with Crippen molar-refractivity contribution in [3.8, 4) is 0 Å². The average molecular weight is 364 g/mol. The normalized spacial score (nSPS) is 12.0. The van der Waals surface area contributed by atoms with Crippen molar-refractivity contribution in [1.29, 1.82) is 0 Å². The molecule has 6 nitrogen and oxygen atoms in total. The van der Waals surface area contributed by atoms with Crippen molar-refractivity contribution in [2.45, 2.75) is 33.0 Å². The summed E-state index contributed by atoms with van der Waals surface area (Å²) < 4.78 is 40.4. The second-order valence-electron chi connectivity index (χ2n) is 6.05. The largest absolute Gasteiger partial charge is 0.433 e. The number of nitrogens with zero attached hydrogens (tertiary/aromatic N) is 5. The van der Waals surface area contributed by atoms with Crippen LogP contribution >= 0.6 is 0 Å². The highest BCUT2D eigenvalue weighted by atomic mass is 19.4. The molecule has 0 aliphatic rings. The van der Waals surface area contributed by atoms with Crippen LogP contribution in [0.3, 0.4) is 0 Å². The monoisotopic (exact) mass is 364 g/mol. The number of hydrogen-bond acceptors (Lipinski definition) is 5. The first kappa shape index (κ1) is 18.0. The molecule has 3 aromatic rings. The van der Waals surface area contributed by atoms with Crippen LogP contribution in [-0.4, -0.2) is 32.2 Å². The lowest BCUT2D eigenvalue weighted by atomic mass is 10.2. The minimum atomic E-state index is -4.56. The van der Waals surface area contributed by atoms with Gasteiger partial charge in [-0.1, -0.05) is 0 Å². The third-order valence-corrected chi connectivity index (χ3v) is 3.98. The summed E-state index contributed by atoms with van der Waals surface area (Å²) in [6.45, 7) is 7.14. The van der Waals surface area contributed by atoms with E-state index in [-0.39, 0.29) is 11.6 Å². The summed E-state index contributed by atoms with van der Waals surface area (Å²) in [6.07, 6.45) is -3.40. The third-order valence-electron chi connectivity index (χ3n) is 3.98.